The van der Waals surface area contributed by atoms with E-state index in [1.54, 1.807) is 55.4 Å². The Balaban J connectivity index is 1.36. The minimum absolute atomic E-state index is 0.0239. The zero-order chi connectivity index (χ0) is 23.9. The van der Waals surface area contributed by atoms with Gasteiger partial charge in [-0.1, -0.05) is 11.2 Å². The second-order valence-corrected chi connectivity index (χ2v) is 8.63. The van der Waals surface area contributed by atoms with E-state index >= 15 is 0 Å². The minimum atomic E-state index is -1.71. The maximum absolute atomic E-state index is 12.4. The third kappa shape index (κ3) is 3.87. The van der Waals surface area contributed by atoms with E-state index in [1.807, 2.05) is 0 Å². The molecule has 0 spiro atoms. The normalized spacial score (nSPS) is 20.9. The predicted molar refractivity (Wildman–Crippen MR) is 121 cm³/mol. The van der Waals surface area contributed by atoms with Crippen LogP contribution < -0.4 is 5.32 Å². The molecule has 2 fully saturated rings. The number of nitrogens with one attached hydrogen (secondary N) is 1. The summed E-state index contributed by atoms with van der Waals surface area (Å²) in [5.74, 6) is 0.0369. The van der Waals surface area contributed by atoms with Crippen molar-refractivity contribution in [3.63, 3.8) is 0 Å². The van der Waals surface area contributed by atoms with E-state index < -0.39 is 17.6 Å². The van der Waals surface area contributed by atoms with Crippen LogP contribution in [0.3, 0.4) is 0 Å². The topological polar surface area (TPSA) is 138 Å². The zero-order valence-electron chi connectivity index (χ0n) is 18.9. The monoisotopic (exact) mass is 463 g/mol. The van der Waals surface area contributed by atoms with Crippen LogP contribution >= 0.6 is 0 Å². The lowest BCUT2D eigenvalue weighted by atomic mass is 9.98. The maximum atomic E-state index is 12.4. The Morgan fingerprint density at radius 3 is 2.56 bits per heavy atom. The summed E-state index contributed by atoms with van der Waals surface area (Å²) in [6.45, 7) is 3.80. The first-order valence-electron chi connectivity index (χ1n) is 11.2. The lowest BCUT2D eigenvalue weighted by Crippen LogP contribution is -2.48. The molecule has 34 heavy (non-hydrogen) atoms. The highest BCUT2D eigenvalue weighted by atomic mass is 16.5. The molecule has 0 aliphatic carbocycles. The number of hydrogen-bond acceptors (Lipinski definition) is 9. The summed E-state index contributed by atoms with van der Waals surface area (Å²) in [5, 5.41) is 17.9. The number of anilines is 1. The van der Waals surface area contributed by atoms with Gasteiger partial charge in [0.2, 0.25) is 17.5 Å². The SMILES string of the molecule is C[C@H](Nc1nccc(-c2cccc(-c3cc([C@]4(O)CCN(C)C4=O)on3)n2)n1)C(=O)N1CCC1. The highest BCUT2D eigenvalue weighted by Gasteiger charge is 2.48. The van der Waals surface area contributed by atoms with Gasteiger partial charge in [-0.05, 0) is 31.5 Å². The number of likely N-dealkylation sites (N-methyl/N-ethyl adjacent to an activating group) is 1. The molecule has 0 bridgehead atoms. The Labute approximate surface area is 195 Å². The lowest BCUT2D eigenvalue weighted by molar-refractivity contribution is -0.144. The Kier molecular flexibility index (Phi) is 5.48. The molecular weight excluding hydrogens is 438 g/mol. The number of hydrogen-bond donors (Lipinski definition) is 2. The quantitative estimate of drug-likeness (QED) is 0.553. The molecule has 2 aliphatic rings. The van der Waals surface area contributed by atoms with Crippen molar-refractivity contribution in [1.29, 1.82) is 0 Å². The number of nitrogens with zero attached hydrogens (tertiary/aromatic N) is 6. The Hall–Kier alpha value is -3.86. The molecule has 5 rings (SSSR count). The van der Waals surface area contributed by atoms with Gasteiger partial charge in [-0.2, -0.15) is 0 Å². The fourth-order valence-electron chi connectivity index (χ4n) is 4.03. The van der Waals surface area contributed by atoms with Crippen molar-refractivity contribution in [1.82, 2.24) is 29.9 Å². The van der Waals surface area contributed by atoms with Crippen molar-refractivity contribution in [2.24, 2.45) is 0 Å². The van der Waals surface area contributed by atoms with Crippen LogP contribution in [0.25, 0.3) is 22.8 Å². The van der Waals surface area contributed by atoms with Crippen molar-refractivity contribution < 1.29 is 19.2 Å². The molecule has 0 aromatic carbocycles. The molecule has 3 aromatic rings. The molecule has 3 aromatic heterocycles. The molecule has 2 N–H and O–H groups in total. The van der Waals surface area contributed by atoms with Crippen molar-refractivity contribution in [3.8, 4) is 22.8 Å². The van der Waals surface area contributed by atoms with E-state index in [0.717, 1.165) is 19.5 Å². The first-order chi connectivity index (χ1) is 16.3. The fourth-order valence-corrected chi connectivity index (χ4v) is 4.03. The van der Waals surface area contributed by atoms with Crippen LogP contribution in [0, 0.1) is 0 Å². The number of aromatic nitrogens is 4. The summed E-state index contributed by atoms with van der Waals surface area (Å²) >= 11 is 0. The second-order valence-electron chi connectivity index (χ2n) is 8.63. The molecular formula is C23H25N7O4. The van der Waals surface area contributed by atoms with Gasteiger partial charge in [0.25, 0.3) is 5.91 Å². The summed E-state index contributed by atoms with van der Waals surface area (Å²) < 4.78 is 5.33. The molecule has 11 nitrogen and oxygen atoms in total. The first-order valence-corrected chi connectivity index (χ1v) is 11.2. The van der Waals surface area contributed by atoms with Crippen LogP contribution in [-0.2, 0) is 15.2 Å². The van der Waals surface area contributed by atoms with Gasteiger partial charge >= 0.3 is 0 Å². The van der Waals surface area contributed by atoms with E-state index in [2.05, 4.69) is 25.4 Å². The molecule has 2 saturated heterocycles. The number of amides is 2. The number of pyridine rings is 1. The fraction of sp³-hybridized carbons (Fsp3) is 0.391. The lowest BCUT2D eigenvalue weighted by Gasteiger charge is -2.33. The summed E-state index contributed by atoms with van der Waals surface area (Å²) in [4.78, 5) is 41.3. The highest BCUT2D eigenvalue weighted by molar-refractivity contribution is 5.87. The summed E-state index contributed by atoms with van der Waals surface area (Å²) in [6.07, 6.45) is 2.87. The van der Waals surface area contributed by atoms with Crippen molar-refractivity contribution in [2.75, 3.05) is 32.0 Å². The molecule has 176 valence electrons. The van der Waals surface area contributed by atoms with E-state index in [-0.39, 0.29) is 18.1 Å². The van der Waals surface area contributed by atoms with Gasteiger partial charge in [0.1, 0.15) is 11.7 Å². The molecule has 0 unspecified atom stereocenters. The van der Waals surface area contributed by atoms with E-state index in [4.69, 9.17) is 4.52 Å². The van der Waals surface area contributed by atoms with Crippen molar-refractivity contribution in [3.05, 3.63) is 42.3 Å². The summed E-state index contributed by atoms with van der Waals surface area (Å²) in [5.41, 5.74) is 0.329. The molecule has 11 heteroatoms. The van der Waals surface area contributed by atoms with Gasteiger partial charge in [-0.15, -0.1) is 0 Å². The van der Waals surface area contributed by atoms with E-state index in [1.165, 1.54) is 4.90 Å². The molecule has 0 radical (unpaired) electrons. The smallest absolute Gasteiger partial charge is 0.262 e. The van der Waals surface area contributed by atoms with Gasteiger partial charge in [-0.25, -0.2) is 15.0 Å². The van der Waals surface area contributed by atoms with Crippen molar-refractivity contribution in [2.45, 2.75) is 31.4 Å². The average molecular weight is 463 g/mol. The Morgan fingerprint density at radius 1 is 1.15 bits per heavy atom. The van der Waals surface area contributed by atoms with Crippen LogP contribution in [0.5, 0.6) is 0 Å². The summed E-state index contributed by atoms with van der Waals surface area (Å²) in [7, 11) is 1.63. The van der Waals surface area contributed by atoms with Gasteiger partial charge in [0, 0.05) is 45.4 Å². The first kappa shape index (κ1) is 22.0. The summed E-state index contributed by atoms with van der Waals surface area (Å²) in [6, 6.07) is 8.19. The average Bonchev–Trinajstić information content (AvgIpc) is 3.41. The number of carbonyl (C=O) groups is 2. The Morgan fingerprint density at radius 2 is 1.88 bits per heavy atom. The molecule has 2 amide bonds. The van der Waals surface area contributed by atoms with Gasteiger partial charge in [0.05, 0.1) is 17.1 Å². The van der Waals surface area contributed by atoms with Crippen molar-refractivity contribution >= 4 is 17.8 Å². The number of rotatable bonds is 6. The standard InChI is InChI=1S/C23H25N7O4/c1-14(20(31)30-10-4-11-30)25-22-24-9-7-17(27-22)15-5-3-6-16(26-15)18-13-19(34-28-18)23(33)8-12-29(2)21(23)32/h3,5-7,9,13-14,33H,4,8,10-12H2,1-2H3,(H,24,25,27)/t14-,23+/m0/s1. The van der Waals surface area contributed by atoms with E-state index in [0.29, 0.717) is 35.3 Å². The van der Waals surface area contributed by atoms with Crippen LogP contribution in [0.4, 0.5) is 5.95 Å². The van der Waals surface area contributed by atoms with Crippen LogP contribution in [0.1, 0.15) is 25.5 Å². The minimum Gasteiger partial charge on any atom is -0.373 e. The van der Waals surface area contributed by atoms with Crippen LogP contribution in [-0.4, -0.2) is 79.6 Å². The molecule has 5 heterocycles. The van der Waals surface area contributed by atoms with Gasteiger partial charge in [-0.3, -0.25) is 9.59 Å². The van der Waals surface area contributed by atoms with Crippen LogP contribution in [0.2, 0.25) is 0 Å². The third-order valence-corrected chi connectivity index (χ3v) is 6.24. The van der Waals surface area contributed by atoms with E-state index in [9.17, 15) is 14.7 Å². The number of aliphatic hydroxyl groups is 1. The van der Waals surface area contributed by atoms with Gasteiger partial charge in [0.15, 0.2) is 5.76 Å². The molecule has 2 aliphatic heterocycles. The van der Waals surface area contributed by atoms with Gasteiger partial charge < -0.3 is 24.7 Å². The molecule has 2 atom stereocenters. The number of carbonyl (C=O) groups excluding carboxylic acids is 2. The largest absolute Gasteiger partial charge is 0.373 e. The molecule has 0 saturated carbocycles. The van der Waals surface area contributed by atoms with Crippen LogP contribution in [0.15, 0.2) is 41.1 Å². The zero-order valence-corrected chi connectivity index (χ0v) is 18.9. The third-order valence-electron chi connectivity index (χ3n) is 6.24. The Bertz CT molecular complexity index is 1240. The number of likely N-dealkylation sites (tertiary alicyclic amines) is 2. The highest BCUT2D eigenvalue weighted by Crippen LogP contribution is 2.34. The predicted octanol–water partition coefficient (Wildman–Crippen LogP) is 1.28. The maximum Gasteiger partial charge on any atom is 0.262 e. The second kappa shape index (κ2) is 8.49.